The summed E-state index contributed by atoms with van der Waals surface area (Å²) in [6.07, 6.45) is 0.655. The molecular weight excluding hydrogens is 553 g/mol. The number of rotatable bonds is 8. The average Bonchev–Trinajstić information content (AvgIpc) is 3.58. The number of aliphatic carboxylic acids is 1. The number of nitrogens with zero attached hydrogens (tertiary/aromatic N) is 3. The Morgan fingerprint density at radius 1 is 1.19 bits per heavy atom. The number of H-pyrrole nitrogens is 1. The lowest BCUT2D eigenvalue weighted by molar-refractivity contribution is -0.136. The number of hydrogen-bond donors (Lipinski definition) is 3. The molecule has 42 heavy (non-hydrogen) atoms. The number of benzene rings is 3. The van der Waals surface area contributed by atoms with Crippen molar-refractivity contribution in [3.05, 3.63) is 89.1 Å². The van der Waals surface area contributed by atoms with Gasteiger partial charge in [0.25, 0.3) is 0 Å². The first-order valence-corrected chi connectivity index (χ1v) is 13.2. The number of carboxylic acid groups (broad SMARTS) is 1. The molecule has 0 bridgehead atoms. The predicted octanol–water partition coefficient (Wildman–Crippen LogP) is 5.56. The minimum Gasteiger partial charge on any atom is -0.485 e. The number of nitrogens with one attached hydrogen (secondary N) is 1. The van der Waals surface area contributed by atoms with Crippen LogP contribution in [0.1, 0.15) is 36.2 Å². The van der Waals surface area contributed by atoms with Crippen LogP contribution in [0.2, 0.25) is 0 Å². The third-order valence-corrected chi connectivity index (χ3v) is 7.25. The average molecular weight is 579 g/mol. The van der Waals surface area contributed by atoms with Gasteiger partial charge in [0, 0.05) is 30.0 Å². The van der Waals surface area contributed by atoms with Gasteiger partial charge in [-0.2, -0.15) is 5.10 Å². The molecule has 3 aromatic carbocycles. The number of carbonyl (C=O) groups is 1. The van der Waals surface area contributed by atoms with Crippen molar-refractivity contribution in [3.8, 4) is 28.6 Å². The van der Waals surface area contributed by atoms with Crippen LogP contribution < -0.4 is 9.47 Å². The number of hydrogen-bond acceptors (Lipinski definition) is 6. The fourth-order valence-corrected chi connectivity index (χ4v) is 5.06. The van der Waals surface area contributed by atoms with Crippen LogP contribution in [0.25, 0.3) is 22.3 Å². The quantitative estimate of drug-likeness (QED) is 0.220. The normalized spacial score (nSPS) is 15.0. The molecule has 3 N–H and O–H groups in total. The van der Waals surface area contributed by atoms with Crippen LogP contribution >= 0.6 is 0 Å². The third kappa shape index (κ3) is 4.94. The van der Waals surface area contributed by atoms with Crippen LogP contribution in [-0.4, -0.2) is 48.6 Å². The van der Waals surface area contributed by atoms with Gasteiger partial charge in [-0.1, -0.05) is 25.1 Å². The van der Waals surface area contributed by atoms with E-state index in [4.69, 9.17) is 14.6 Å². The van der Waals surface area contributed by atoms with E-state index in [0.29, 0.717) is 28.2 Å². The Morgan fingerprint density at radius 2 is 2.02 bits per heavy atom. The Balaban J connectivity index is 1.38. The lowest BCUT2D eigenvalue weighted by Crippen LogP contribution is -2.26. The molecule has 0 spiro atoms. The Labute approximate surface area is 237 Å². The Kier molecular flexibility index (Phi) is 7.07. The maximum Gasteiger partial charge on any atom is 0.303 e. The maximum absolute atomic E-state index is 15.4. The van der Waals surface area contributed by atoms with E-state index in [2.05, 4.69) is 15.1 Å². The van der Waals surface area contributed by atoms with Gasteiger partial charge in [0.2, 0.25) is 0 Å². The number of aromatic amines is 1. The smallest absolute Gasteiger partial charge is 0.303 e. The Bertz CT molecular complexity index is 1820. The Morgan fingerprint density at radius 3 is 2.81 bits per heavy atom. The molecular formula is C30H25F3N4O5. The second-order valence-electron chi connectivity index (χ2n) is 10.0. The molecule has 0 aliphatic carbocycles. The number of aliphatic hydroxyl groups excluding tert-OH is 1. The van der Waals surface area contributed by atoms with Gasteiger partial charge in [0.15, 0.2) is 29.0 Å². The zero-order valence-electron chi connectivity index (χ0n) is 22.3. The molecule has 9 nitrogen and oxygen atoms in total. The summed E-state index contributed by atoms with van der Waals surface area (Å²) < 4.78 is 58.3. The molecule has 6 rings (SSSR count). The first-order valence-electron chi connectivity index (χ1n) is 13.2. The van der Waals surface area contributed by atoms with Crippen LogP contribution in [0.4, 0.5) is 13.2 Å². The number of aromatic nitrogens is 4. The third-order valence-electron chi connectivity index (χ3n) is 7.25. The zero-order chi connectivity index (χ0) is 29.5. The summed E-state index contributed by atoms with van der Waals surface area (Å²) in [4.78, 5) is 18.4. The van der Waals surface area contributed by atoms with Gasteiger partial charge >= 0.3 is 5.97 Å². The highest BCUT2D eigenvalue weighted by molar-refractivity contribution is 5.82. The first kappa shape index (κ1) is 27.3. The molecule has 2 unspecified atom stereocenters. The number of ether oxygens (including phenoxy) is 2. The summed E-state index contributed by atoms with van der Waals surface area (Å²) in [5, 5.41) is 23.7. The molecule has 0 saturated heterocycles. The zero-order valence-corrected chi connectivity index (χ0v) is 22.3. The van der Waals surface area contributed by atoms with Gasteiger partial charge in [-0.15, -0.1) is 0 Å². The minimum atomic E-state index is -1.02. The Hall–Kier alpha value is -4.84. The maximum atomic E-state index is 15.4. The van der Waals surface area contributed by atoms with E-state index in [9.17, 15) is 14.3 Å². The molecule has 3 heterocycles. The fraction of sp³-hybridized carbons (Fsp3) is 0.233. The van der Waals surface area contributed by atoms with E-state index in [1.807, 2.05) is 0 Å². The molecule has 1 aliphatic heterocycles. The second kappa shape index (κ2) is 10.9. The van der Waals surface area contributed by atoms with Crippen molar-refractivity contribution in [1.82, 2.24) is 19.7 Å². The van der Waals surface area contributed by atoms with Crippen molar-refractivity contribution in [3.63, 3.8) is 0 Å². The predicted molar refractivity (Wildman–Crippen MR) is 145 cm³/mol. The lowest BCUT2D eigenvalue weighted by atomic mass is 9.96. The summed E-state index contributed by atoms with van der Waals surface area (Å²) in [6.45, 7) is 1.54. The van der Waals surface area contributed by atoms with Gasteiger partial charge < -0.3 is 24.7 Å². The lowest BCUT2D eigenvalue weighted by Gasteiger charge is -2.16. The van der Waals surface area contributed by atoms with E-state index >= 15 is 8.78 Å². The van der Waals surface area contributed by atoms with Gasteiger partial charge in [0.1, 0.15) is 23.4 Å². The largest absolute Gasteiger partial charge is 0.485 e. The second-order valence-corrected chi connectivity index (χ2v) is 10.0. The number of carboxylic acids is 1. The standard InChI is InChI=1S/C30H25F3N4O5/c1-15(19-4-2-3-16(26(19)32)5-8-25(39)40)29-35-30-21-11-17(6-7-24(21)41-18(14-38)13-37(30)36-29)42-28-22(31)12-23-20(27(28)33)9-10-34-23/h2-4,6-7,9-12,15,18,34,38H,5,8,13-14H2,1H3,(H,39,40). The summed E-state index contributed by atoms with van der Waals surface area (Å²) >= 11 is 0. The monoisotopic (exact) mass is 578 g/mol. The number of halogens is 3. The molecule has 2 aromatic heterocycles. The summed E-state index contributed by atoms with van der Waals surface area (Å²) in [5.74, 6) is -3.41. The van der Waals surface area contributed by atoms with Crippen LogP contribution in [0, 0.1) is 17.5 Å². The van der Waals surface area contributed by atoms with Crippen molar-refractivity contribution in [2.45, 2.75) is 38.3 Å². The molecule has 0 radical (unpaired) electrons. The summed E-state index contributed by atoms with van der Waals surface area (Å²) in [5.41, 5.74) is 1.27. The minimum absolute atomic E-state index is 0.0404. The van der Waals surface area contributed by atoms with E-state index in [1.165, 1.54) is 29.1 Å². The number of aliphatic hydroxyl groups is 1. The van der Waals surface area contributed by atoms with E-state index in [-0.39, 0.29) is 48.5 Å². The molecule has 216 valence electrons. The SMILES string of the molecule is CC(c1nc2n(n1)CC(CO)Oc1ccc(Oc3c(F)cc4[nH]ccc4c3F)cc1-2)c1cccc(CCC(=O)O)c1F. The molecule has 1 aliphatic rings. The van der Waals surface area contributed by atoms with Crippen molar-refractivity contribution in [2.75, 3.05) is 6.61 Å². The van der Waals surface area contributed by atoms with Crippen LogP contribution in [0.5, 0.6) is 17.2 Å². The van der Waals surface area contributed by atoms with Gasteiger partial charge in [-0.3, -0.25) is 4.79 Å². The highest BCUT2D eigenvalue weighted by atomic mass is 19.1. The van der Waals surface area contributed by atoms with Crippen molar-refractivity contribution in [1.29, 1.82) is 0 Å². The van der Waals surface area contributed by atoms with Crippen molar-refractivity contribution < 1.29 is 37.7 Å². The molecule has 0 amide bonds. The van der Waals surface area contributed by atoms with Crippen LogP contribution in [0.15, 0.2) is 54.7 Å². The summed E-state index contributed by atoms with van der Waals surface area (Å²) in [7, 11) is 0. The van der Waals surface area contributed by atoms with Gasteiger partial charge in [0.05, 0.1) is 24.2 Å². The van der Waals surface area contributed by atoms with Gasteiger partial charge in [-0.25, -0.2) is 22.8 Å². The molecule has 0 fully saturated rings. The van der Waals surface area contributed by atoms with Crippen LogP contribution in [0.3, 0.4) is 0 Å². The van der Waals surface area contributed by atoms with Crippen molar-refractivity contribution >= 4 is 16.9 Å². The van der Waals surface area contributed by atoms with E-state index in [0.717, 1.165) is 6.07 Å². The first-order chi connectivity index (χ1) is 20.2. The van der Waals surface area contributed by atoms with Gasteiger partial charge in [-0.05, 0) is 41.8 Å². The number of aryl methyl sites for hydroxylation is 1. The summed E-state index contributed by atoms with van der Waals surface area (Å²) in [6, 6.07) is 12.0. The molecule has 0 saturated carbocycles. The number of fused-ring (bicyclic) bond motifs is 4. The van der Waals surface area contributed by atoms with E-state index in [1.54, 1.807) is 31.2 Å². The highest BCUT2D eigenvalue weighted by Crippen LogP contribution is 2.40. The van der Waals surface area contributed by atoms with Crippen LogP contribution in [-0.2, 0) is 17.8 Å². The topological polar surface area (TPSA) is 122 Å². The molecule has 2 atom stereocenters. The molecule has 12 heteroatoms. The van der Waals surface area contributed by atoms with Crippen molar-refractivity contribution in [2.24, 2.45) is 0 Å². The molecule has 5 aromatic rings. The fourth-order valence-electron chi connectivity index (χ4n) is 5.06. The highest BCUT2D eigenvalue weighted by Gasteiger charge is 2.29. The van der Waals surface area contributed by atoms with E-state index < -0.39 is 41.2 Å².